The number of fused-ring (bicyclic) bond motifs is 1. The van der Waals surface area contributed by atoms with Gasteiger partial charge in [-0.05, 0) is 34.7 Å². The summed E-state index contributed by atoms with van der Waals surface area (Å²) >= 11 is 0. The van der Waals surface area contributed by atoms with Crippen molar-refractivity contribution >= 4 is 10.9 Å². The molecule has 1 aromatic carbocycles. The van der Waals surface area contributed by atoms with Crippen LogP contribution in [0.5, 0.6) is 0 Å². The first-order chi connectivity index (χ1) is 9.14. The fourth-order valence-electron chi connectivity index (χ4n) is 2.45. The van der Waals surface area contributed by atoms with Crippen LogP contribution in [0.25, 0.3) is 10.9 Å². The number of alkyl halides is 3. The fourth-order valence-corrected chi connectivity index (χ4v) is 2.45. The number of rotatable bonds is 1. The summed E-state index contributed by atoms with van der Waals surface area (Å²) in [5, 5.41) is 0.523. The molecule has 0 spiro atoms. The maximum atomic E-state index is 12.9. The van der Waals surface area contributed by atoms with E-state index in [0.29, 0.717) is 10.9 Å². The van der Waals surface area contributed by atoms with Crippen LogP contribution >= 0.6 is 0 Å². The van der Waals surface area contributed by atoms with E-state index >= 15 is 0 Å². The quantitative estimate of drug-likeness (QED) is 0.858. The van der Waals surface area contributed by atoms with Gasteiger partial charge in [0.05, 0.1) is 11.1 Å². The minimum atomic E-state index is -4.36. The maximum Gasteiger partial charge on any atom is 0.416 e. The van der Waals surface area contributed by atoms with Gasteiger partial charge in [0, 0.05) is 18.1 Å². The Morgan fingerprint density at radius 3 is 2.30 bits per heavy atom. The van der Waals surface area contributed by atoms with Gasteiger partial charge in [0.1, 0.15) is 0 Å². The molecule has 0 radical (unpaired) electrons. The summed E-state index contributed by atoms with van der Waals surface area (Å²) in [6.07, 6.45) is -2.71. The van der Waals surface area contributed by atoms with Gasteiger partial charge in [-0.2, -0.15) is 13.2 Å². The Morgan fingerprint density at radius 2 is 1.80 bits per heavy atom. The summed E-state index contributed by atoms with van der Waals surface area (Å²) in [5.74, 6) is 0. The van der Waals surface area contributed by atoms with Gasteiger partial charge in [-0.15, -0.1) is 0 Å². The number of nitrogens with zero attached hydrogens (tertiary/aromatic N) is 1. The number of benzene rings is 1. The first kappa shape index (κ1) is 14.8. The molecule has 20 heavy (non-hydrogen) atoms. The predicted molar refractivity (Wildman–Crippen MR) is 73.3 cm³/mol. The second kappa shape index (κ2) is 4.74. The average Bonchev–Trinajstić information content (AvgIpc) is 2.34. The second-order valence-corrected chi connectivity index (χ2v) is 5.84. The Hall–Kier alpha value is -1.62. The molecule has 0 atom stereocenters. The van der Waals surface area contributed by atoms with Crippen molar-refractivity contribution in [2.45, 2.75) is 38.9 Å². The van der Waals surface area contributed by atoms with E-state index in [4.69, 9.17) is 5.73 Å². The van der Waals surface area contributed by atoms with E-state index in [0.717, 1.165) is 17.2 Å². The van der Waals surface area contributed by atoms with Crippen molar-refractivity contribution in [1.29, 1.82) is 0 Å². The third-order valence-corrected chi connectivity index (χ3v) is 3.24. The molecule has 108 valence electrons. The van der Waals surface area contributed by atoms with Gasteiger partial charge in [0.25, 0.3) is 0 Å². The Labute approximate surface area is 115 Å². The highest BCUT2D eigenvalue weighted by Crippen LogP contribution is 2.36. The zero-order valence-corrected chi connectivity index (χ0v) is 11.7. The summed E-state index contributed by atoms with van der Waals surface area (Å²) < 4.78 is 38.6. The molecule has 0 aliphatic heterocycles. The maximum absolute atomic E-state index is 12.9. The smallest absolute Gasteiger partial charge is 0.326 e. The third kappa shape index (κ3) is 2.63. The van der Waals surface area contributed by atoms with Crippen molar-refractivity contribution in [1.82, 2.24) is 4.98 Å². The van der Waals surface area contributed by atoms with Crippen molar-refractivity contribution in [3.05, 3.63) is 41.1 Å². The Morgan fingerprint density at radius 1 is 1.15 bits per heavy atom. The lowest BCUT2D eigenvalue weighted by atomic mass is 9.81. The minimum absolute atomic E-state index is 0.256. The van der Waals surface area contributed by atoms with Crippen LogP contribution < -0.4 is 5.73 Å². The standard InChI is InChI=1S/C15H17F3N2/c1-14(2,3)13-9(7-19)8-20-12-5-4-10(6-11(12)13)15(16,17)18/h4-6,8H,7,19H2,1-3H3. The number of hydrogen-bond donors (Lipinski definition) is 1. The van der Waals surface area contributed by atoms with E-state index < -0.39 is 11.7 Å². The van der Waals surface area contributed by atoms with Crippen LogP contribution in [0.1, 0.15) is 37.5 Å². The second-order valence-electron chi connectivity index (χ2n) is 5.84. The van der Waals surface area contributed by atoms with Gasteiger partial charge in [0.15, 0.2) is 0 Å². The molecule has 1 aromatic heterocycles. The van der Waals surface area contributed by atoms with E-state index in [9.17, 15) is 13.2 Å². The van der Waals surface area contributed by atoms with E-state index in [-0.39, 0.29) is 12.0 Å². The molecule has 0 unspecified atom stereocenters. The van der Waals surface area contributed by atoms with Crippen molar-refractivity contribution in [2.24, 2.45) is 5.73 Å². The lowest BCUT2D eigenvalue weighted by Gasteiger charge is -2.25. The first-order valence-corrected chi connectivity index (χ1v) is 6.34. The summed E-state index contributed by atoms with van der Waals surface area (Å²) in [6.45, 7) is 6.13. The van der Waals surface area contributed by atoms with Crippen LogP contribution in [0, 0.1) is 0 Å². The van der Waals surface area contributed by atoms with Gasteiger partial charge in [-0.3, -0.25) is 4.98 Å². The predicted octanol–water partition coefficient (Wildman–Crippen LogP) is 4.01. The molecule has 5 heteroatoms. The molecule has 0 aliphatic rings. The molecule has 2 N–H and O–H groups in total. The Bertz CT molecular complexity index is 640. The average molecular weight is 282 g/mol. The molecule has 0 saturated heterocycles. The SMILES string of the molecule is CC(C)(C)c1c(CN)cnc2ccc(C(F)(F)F)cc12. The van der Waals surface area contributed by atoms with Crippen molar-refractivity contribution in [3.63, 3.8) is 0 Å². The van der Waals surface area contributed by atoms with Crippen LogP contribution in [0.15, 0.2) is 24.4 Å². The normalized spacial score (nSPS) is 12.9. The van der Waals surface area contributed by atoms with E-state index in [1.807, 2.05) is 20.8 Å². The molecule has 0 aliphatic carbocycles. The molecule has 0 amide bonds. The highest BCUT2D eigenvalue weighted by atomic mass is 19.4. The van der Waals surface area contributed by atoms with Crippen molar-refractivity contribution in [2.75, 3.05) is 0 Å². The highest BCUT2D eigenvalue weighted by Gasteiger charge is 2.31. The van der Waals surface area contributed by atoms with Crippen LogP contribution in [-0.2, 0) is 18.1 Å². The summed E-state index contributed by atoms with van der Waals surface area (Å²) in [7, 11) is 0. The van der Waals surface area contributed by atoms with E-state index in [1.165, 1.54) is 12.1 Å². The highest BCUT2D eigenvalue weighted by molar-refractivity contribution is 5.85. The lowest BCUT2D eigenvalue weighted by Crippen LogP contribution is -2.18. The molecule has 2 nitrogen and oxygen atoms in total. The fraction of sp³-hybridized carbons (Fsp3) is 0.400. The van der Waals surface area contributed by atoms with Gasteiger partial charge in [-0.1, -0.05) is 20.8 Å². The van der Waals surface area contributed by atoms with Crippen LogP contribution in [0.4, 0.5) is 13.2 Å². The number of aromatic nitrogens is 1. The number of hydrogen-bond acceptors (Lipinski definition) is 2. The zero-order chi connectivity index (χ0) is 15.1. The van der Waals surface area contributed by atoms with Gasteiger partial charge < -0.3 is 5.73 Å². The van der Waals surface area contributed by atoms with E-state index in [2.05, 4.69) is 4.98 Å². The van der Waals surface area contributed by atoms with Gasteiger partial charge in [0.2, 0.25) is 0 Å². The number of nitrogens with two attached hydrogens (primary N) is 1. The zero-order valence-electron chi connectivity index (χ0n) is 11.7. The molecule has 0 saturated carbocycles. The van der Waals surface area contributed by atoms with Crippen LogP contribution in [0.2, 0.25) is 0 Å². The largest absolute Gasteiger partial charge is 0.416 e. The van der Waals surface area contributed by atoms with Gasteiger partial charge >= 0.3 is 6.18 Å². The molecule has 0 fully saturated rings. The van der Waals surface area contributed by atoms with E-state index in [1.54, 1.807) is 6.20 Å². The summed E-state index contributed by atoms with van der Waals surface area (Å²) in [4.78, 5) is 4.20. The van der Waals surface area contributed by atoms with Crippen LogP contribution in [-0.4, -0.2) is 4.98 Å². The molecule has 2 aromatic rings. The number of halogens is 3. The first-order valence-electron chi connectivity index (χ1n) is 6.34. The molecular weight excluding hydrogens is 265 g/mol. The third-order valence-electron chi connectivity index (χ3n) is 3.24. The minimum Gasteiger partial charge on any atom is -0.326 e. The molecule has 1 heterocycles. The molecular formula is C15H17F3N2. The van der Waals surface area contributed by atoms with Crippen LogP contribution in [0.3, 0.4) is 0 Å². The molecule has 2 rings (SSSR count). The molecule has 0 bridgehead atoms. The monoisotopic (exact) mass is 282 g/mol. The number of pyridine rings is 1. The van der Waals surface area contributed by atoms with Crippen molar-refractivity contribution < 1.29 is 13.2 Å². The van der Waals surface area contributed by atoms with Crippen molar-refractivity contribution in [3.8, 4) is 0 Å². The summed E-state index contributed by atoms with van der Waals surface area (Å²) in [5.41, 5.74) is 6.90. The lowest BCUT2D eigenvalue weighted by molar-refractivity contribution is -0.137. The Balaban J connectivity index is 2.84. The Kier molecular flexibility index (Phi) is 3.50. The topological polar surface area (TPSA) is 38.9 Å². The summed E-state index contributed by atoms with van der Waals surface area (Å²) in [6, 6.07) is 3.64. The van der Waals surface area contributed by atoms with Gasteiger partial charge in [-0.25, -0.2) is 0 Å².